The number of nitrogens with one attached hydrogen (secondary N) is 1. The smallest absolute Gasteiger partial charge is 0.273 e. The van der Waals surface area contributed by atoms with E-state index in [2.05, 4.69) is 5.32 Å². The van der Waals surface area contributed by atoms with Crippen LogP contribution in [0.1, 0.15) is 9.75 Å². The van der Waals surface area contributed by atoms with Crippen LogP contribution < -0.4 is 10.2 Å². The molecule has 1 fully saturated rings. The summed E-state index contributed by atoms with van der Waals surface area (Å²) in [6, 6.07) is 9.16. The molecule has 23 heavy (non-hydrogen) atoms. The number of aryl methyl sites for hydroxylation is 1. The van der Waals surface area contributed by atoms with E-state index in [0.717, 1.165) is 14.7 Å². The average molecular weight is 347 g/mol. The Morgan fingerprint density at radius 1 is 1.09 bits per heavy atom. The summed E-state index contributed by atoms with van der Waals surface area (Å²) in [6.45, 7) is 1.93. The number of rotatable bonds is 2. The second-order valence-corrected chi connectivity index (χ2v) is 6.64. The van der Waals surface area contributed by atoms with Gasteiger partial charge in [-0.05, 0) is 49.4 Å². The van der Waals surface area contributed by atoms with Crippen molar-refractivity contribution in [3.05, 3.63) is 56.7 Å². The van der Waals surface area contributed by atoms with E-state index in [1.54, 1.807) is 24.3 Å². The first kappa shape index (κ1) is 15.5. The summed E-state index contributed by atoms with van der Waals surface area (Å²) in [4.78, 5) is 39.4. The molecule has 1 saturated heterocycles. The molecule has 116 valence electrons. The summed E-state index contributed by atoms with van der Waals surface area (Å²) in [7, 11) is 0. The zero-order valence-electron chi connectivity index (χ0n) is 12.0. The Bertz CT molecular complexity index is 839. The maximum absolute atomic E-state index is 12.6. The lowest BCUT2D eigenvalue weighted by Crippen LogP contribution is -2.54. The van der Waals surface area contributed by atoms with Gasteiger partial charge in [0.25, 0.3) is 11.8 Å². The van der Waals surface area contributed by atoms with E-state index in [-0.39, 0.29) is 5.57 Å². The molecule has 1 aliphatic heterocycles. The molecule has 2 heterocycles. The SMILES string of the molecule is Cc1ccc(/C=C2/C(=O)NC(=O)N(c3ccc(Cl)cc3)C2=O)s1. The summed E-state index contributed by atoms with van der Waals surface area (Å²) < 4.78 is 0. The predicted octanol–water partition coefficient (Wildman–Crippen LogP) is 3.38. The largest absolute Gasteiger partial charge is 0.335 e. The van der Waals surface area contributed by atoms with Crippen LogP contribution in [0.2, 0.25) is 5.02 Å². The lowest BCUT2D eigenvalue weighted by atomic mass is 10.1. The molecule has 1 aromatic heterocycles. The third kappa shape index (κ3) is 3.04. The number of imide groups is 2. The normalized spacial score (nSPS) is 16.9. The molecule has 1 aromatic carbocycles. The molecule has 3 rings (SSSR count). The fourth-order valence-electron chi connectivity index (χ4n) is 2.16. The molecule has 0 saturated carbocycles. The first-order valence-corrected chi connectivity index (χ1v) is 7.88. The second kappa shape index (κ2) is 5.98. The van der Waals surface area contributed by atoms with Crippen molar-refractivity contribution >= 4 is 52.5 Å². The number of halogens is 1. The Balaban J connectivity index is 2.00. The molecule has 0 unspecified atom stereocenters. The lowest BCUT2D eigenvalue weighted by Gasteiger charge is -2.26. The van der Waals surface area contributed by atoms with Gasteiger partial charge in [0.15, 0.2) is 0 Å². The molecule has 1 aliphatic rings. The van der Waals surface area contributed by atoms with E-state index in [1.807, 2.05) is 19.1 Å². The Labute approximate surface area is 141 Å². The van der Waals surface area contributed by atoms with Crippen molar-refractivity contribution in [2.24, 2.45) is 0 Å². The van der Waals surface area contributed by atoms with E-state index < -0.39 is 17.8 Å². The van der Waals surface area contributed by atoms with E-state index in [1.165, 1.54) is 17.4 Å². The van der Waals surface area contributed by atoms with Crippen molar-refractivity contribution in [1.82, 2.24) is 5.32 Å². The van der Waals surface area contributed by atoms with Crippen LogP contribution in [0.25, 0.3) is 6.08 Å². The minimum Gasteiger partial charge on any atom is -0.273 e. The van der Waals surface area contributed by atoms with Crippen molar-refractivity contribution in [2.75, 3.05) is 4.90 Å². The Morgan fingerprint density at radius 3 is 2.39 bits per heavy atom. The van der Waals surface area contributed by atoms with Crippen LogP contribution in [0.3, 0.4) is 0 Å². The Morgan fingerprint density at radius 2 is 1.78 bits per heavy atom. The number of amides is 4. The van der Waals surface area contributed by atoms with E-state index in [0.29, 0.717) is 10.7 Å². The number of nitrogens with zero attached hydrogens (tertiary/aromatic N) is 1. The van der Waals surface area contributed by atoms with Crippen LogP contribution in [0.5, 0.6) is 0 Å². The monoisotopic (exact) mass is 346 g/mol. The average Bonchev–Trinajstić information content (AvgIpc) is 2.91. The number of urea groups is 1. The minimum absolute atomic E-state index is 0.0820. The summed E-state index contributed by atoms with van der Waals surface area (Å²) >= 11 is 7.27. The zero-order valence-corrected chi connectivity index (χ0v) is 13.6. The van der Waals surface area contributed by atoms with Gasteiger partial charge < -0.3 is 0 Å². The maximum atomic E-state index is 12.6. The van der Waals surface area contributed by atoms with Crippen molar-refractivity contribution in [1.29, 1.82) is 0 Å². The van der Waals surface area contributed by atoms with Gasteiger partial charge in [-0.15, -0.1) is 11.3 Å². The molecular formula is C16H11ClN2O3S. The molecule has 7 heteroatoms. The van der Waals surface area contributed by atoms with Gasteiger partial charge in [-0.3, -0.25) is 14.9 Å². The third-order valence-electron chi connectivity index (χ3n) is 3.23. The number of thiophene rings is 1. The van der Waals surface area contributed by atoms with Crippen LogP contribution in [0, 0.1) is 6.92 Å². The fraction of sp³-hybridized carbons (Fsp3) is 0.0625. The summed E-state index contributed by atoms with van der Waals surface area (Å²) in [5.74, 6) is -1.36. The van der Waals surface area contributed by atoms with E-state index in [9.17, 15) is 14.4 Å². The number of carbonyl (C=O) groups excluding carboxylic acids is 3. The Hall–Kier alpha value is -2.44. The van der Waals surface area contributed by atoms with Crippen molar-refractivity contribution in [2.45, 2.75) is 6.92 Å². The molecule has 1 N–H and O–H groups in total. The number of anilines is 1. The number of benzene rings is 1. The fourth-order valence-corrected chi connectivity index (χ4v) is 3.10. The molecule has 0 radical (unpaired) electrons. The van der Waals surface area contributed by atoms with Gasteiger partial charge in [0.05, 0.1) is 5.69 Å². The molecule has 2 aromatic rings. The van der Waals surface area contributed by atoms with Gasteiger partial charge >= 0.3 is 6.03 Å². The van der Waals surface area contributed by atoms with Crippen LogP contribution in [-0.2, 0) is 9.59 Å². The van der Waals surface area contributed by atoms with Crippen molar-refractivity contribution in [3.8, 4) is 0 Å². The molecule has 0 atom stereocenters. The molecule has 0 bridgehead atoms. The molecule has 4 amide bonds. The molecule has 0 spiro atoms. The van der Waals surface area contributed by atoms with Gasteiger partial charge in [0.1, 0.15) is 5.57 Å². The number of hydrogen-bond donors (Lipinski definition) is 1. The minimum atomic E-state index is -0.776. The van der Waals surface area contributed by atoms with E-state index in [4.69, 9.17) is 11.6 Å². The summed E-state index contributed by atoms with van der Waals surface area (Å²) in [5.41, 5.74) is 0.263. The maximum Gasteiger partial charge on any atom is 0.335 e. The van der Waals surface area contributed by atoms with Gasteiger partial charge in [-0.2, -0.15) is 0 Å². The first-order valence-electron chi connectivity index (χ1n) is 6.69. The lowest BCUT2D eigenvalue weighted by molar-refractivity contribution is -0.122. The van der Waals surface area contributed by atoms with Crippen molar-refractivity contribution in [3.63, 3.8) is 0 Å². The van der Waals surface area contributed by atoms with Crippen LogP contribution in [0.15, 0.2) is 42.0 Å². The number of hydrogen-bond acceptors (Lipinski definition) is 4. The standard InChI is InChI=1S/C16H11ClN2O3S/c1-9-2-7-12(23-9)8-13-14(20)18-16(22)19(15(13)21)11-5-3-10(17)4-6-11/h2-8H,1H3,(H,18,20,22)/b13-8-. The quantitative estimate of drug-likeness (QED) is 0.669. The van der Waals surface area contributed by atoms with Gasteiger partial charge in [-0.25, -0.2) is 9.69 Å². The van der Waals surface area contributed by atoms with Crippen molar-refractivity contribution < 1.29 is 14.4 Å². The zero-order chi connectivity index (χ0) is 16.6. The van der Waals surface area contributed by atoms with Gasteiger partial charge in [-0.1, -0.05) is 11.6 Å². The topological polar surface area (TPSA) is 66.5 Å². The highest BCUT2D eigenvalue weighted by Gasteiger charge is 2.36. The Kier molecular flexibility index (Phi) is 4.02. The second-order valence-electron chi connectivity index (χ2n) is 4.88. The highest BCUT2D eigenvalue weighted by Crippen LogP contribution is 2.25. The van der Waals surface area contributed by atoms with E-state index >= 15 is 0 Å². The third-order valence-corrected chi connectivity index (χ3v) is 4.43. The van der Waals surface area contributed by atoms with Crippen LogP contribution in [0.4, 0.5) is 10.5 Å². The van der Waals surface area contributed by atoms with Gasteiger partial charge in [0, 0.05) is 14.8 Å². The van der Waals surface area contributed by atoms with Crippen LogP contribution >= 0.6 is 22.9 Å². The first-order chi connectivity index (χ1) is 11.0. The highest BCUT2D eigenvalue weighted by molar-refractivity contribution is 7.12. The molecule has 5 nitrogen and oxygen atoms in total. The van der Waals surface area contributed by atoms with Gasteiger partial charge in [0.2, 0.25) is 0 Å². The highest BCUT2D eigenvalue weighted by atomic mass is 35.5. The number of carbonyl (C=O) groups is 3. The molecular weight excluding hydrogens is 336 g/mol. The summed E-state index contributed by atoms with van der Waals surface area (Å²) in [6.07, 6.45) is 1.49. The number of barbiturate groups is 1. The molecule has 0 aliphatic carbocycles. The predicted molar refractivity (Wildman–Crippen MR) is 89.5 cm³/mol. The van der Waals surface area contributed by atoms with Crippen LogP contribution in [-0.4, -0.2) is 17.8 Å². The summed E-state index contributed by atoms with van der Waals surface area (Å²) in [5, 5.41) is 2.67.